The van der Waals surface area contributed by atoms with Crippen LogP contribution in [0.15, 0.2) is 18.2 Å². The first-order valence-corrected chi connectivity index (χ1v) is 6.96. The first-order valence-electron chi connectivity index (χ1n) is 6.96. The maximum Gasteiger partial charge on any atom is 0.229 e. The van der Waals surface area contributed by atoms with E-state index in [2.05, 4.69) is 5.32 Å². The number of likely N-dealkylation sites (N-methyl/N-ethyl adjacent to an activating group) is 1. The van der Waals surface area contributed by atoms with E-state index >= 15 is 0 Å². The zero-order valence-corrected chi connectivity index (χ0v) is 12.7. The van der Waals surface area contributed by atoms with Gasteiger partial charge in [-0.05, 0) is 43.6 Å². The number of carbonyl (C=O) groups excluding carboxylic acids is 1. The molecule has 2 fully saturated rings. The summed E-state index contributed by atoms with van der Waals surface area (Å²) in [5, 5.41) is 3.26. The van der Waals surface area contributed by atoms with Crippen molar-refractivity contribution in [3.8, 4) is 0 Å². The lowest BCUT2D eigenvalue weighted by atomic mass is 9.68. The Kier molecular flexibility index (Phi) is 4.54. The van der Waals surface area contributed by atoms with Crippen LogP contribution in [-0.2, 0) is 4.79 Å². The molecule has 1 atom stereocenters. The van der Waals surface area contributed by atoms with Gasteiger partial charge in [0.2, 0.25) is 5.91 Å². The van der Waals surface area contributed by atoms with Gasteiger partial charge in [-0.2, -0.15) is 0 Å². The lowest BCUT2D eigenvalue weighted by Crippen LogP contribution is -2.44. The minimum Gasteiger partial charge on any atom is -0.345 e. The smallest absolute Gasteiger partial charge is 0.229 e. The molecule has 0 bridgehead atoms. The molecular formula is C15H19ClF2N2O. The van der Waals surface area contributed by atoms with Gasteiger partial charge in [0.1, 0.15) is 0 Å². The van der Waals surface area contributed by atoms with E-state index in [0.717, 1.165) is 37.6 Å². The van der Waals surface area contributed by atoms with Crippen LogP contribution in [0.4, 0.5) is 8.78 Å². The van der Waals surface area contributed by atoms with Crippen molar-refractivity contribution < 1.29 is 13.6 Å². The van der Waals surface area contributed by atoms with Gasteiger partial charge < -0.3 is 10.2 Å². The van der Waals surface area contributed by atoms with Crippen LogP contribution in [0.3, 0.4) is 0 Å². The fourth-order valence-electron chi connectivity index (χ4n) is 3.65. The van der Waals surface area contributed by atoms with Gasteiger partial charge in [0.15, 0.2) is 11.6 Å². The summed E-state index contributed by atoms with van der Waals surface area (Å²) in [4.78, 5) is 14.3. The third-order valence-corrected chi connectivity index (χ3v) is 4.74. The molecule has 1 amide bonds. The number of likely N-dealkylation sites (tertiary alicyclic amines) is 1. The topological polar surface area (TPSA) is 32.3 Å². The van der Waals surface area contributed by atoms with Crippen molar-refractivity contribution in [3.05, 3.63) is 35.4 Å². The third kappa shape index (κ3) is 2.53. The number of hydrogen-bond donors (Lipinski definition) is 1. The number of hydrogen-bond acceptors (Lipinski definition) is 2. The largest absolute Gasteiger partial charge is 0.345 e. The first-order chi connectivity index (χ1) is 9.54. The number of halogens is 3. The fraction of sp³-hybridized carbons (Fsp3) is 0.533. The van der Waals surface area contributed by atoms with Crippen molar-refractivity contribution in [1.82, 2.24) is 10.2 Å². The SMILES string of the molecule is CN1CC(c2ccc(F)c(F)c2)C2(CCNCC2)C1=O.Cl. The standard InChI is InChI=1S/C15H18F2N2O.ClH/c1-19-9-11(10-2-3-12(16)13(17)8-10)15(14(19)20)4-6-18-7-5-15;/h2-3,8,11,18H,4-7,9H2,1H3;1H. The Hall–Kier alpha value is -1.20. The van der Waals surface area contributed by atoms with Crippen LogP contribution >= 0.6 is 12.4 Å². The van der Waals surface area contributed by atoms with E-state index in [1.165, 1.54) is 6.07 Å². The highest BCUT2D eigenvalue weighted by Crippen LogP contribution is 2.49. The van der Waals surface area contributed by atoms with Crippen LogP contribution in [0.25, 0.3) is 0 Å². The van der Waals surface area contributed by atoms with Gasteiger partial charge in [0.05, 0.1) is 5.41 Å². The van der Waals surface area contributed by atoms with Gasteiger partial charge in [-0.1, -0.05) is 6.07 Å². The van der Waals surface area contributed by atoms with Crippen LogP contribution in [0.1, 0.15) is 24.3 Å². The molecule has 3 rings (SSSR count). The number of piperidine rings is 1. The second-order valence-corrected chi connectivity index (χ2v) is 5.82. The van der Waals surface area contributed by atoms with E-state index in [4.69, 9.17) is 0 Å². The molecule has 2 saturated heterocycles. The predicted octanol–water partition coefficient (Wildman–Crippen LogP) is 2.31. The van der Waals surface area contributed by atoms with Gasteiger partial charge in [-0.3, -0.25) is 4.79 Å². The van der Waals surface area contributed by atoms with Crippen LogP contribution in [0.2, 0.25) is 0 Å². The number of rotatable bonds is 1. The van der Waals surface area contributed by atoms with Crippen LogP contribution in [0, 0.1) is 17.0 Å². The Morgan fingerprint density at radius 2 is 1.90 bits per heavy atom. The van der Waals surface area contributed by atoms with Gasteiger partial charge in [0.25, 0.3) is 0 Å². The quantitative estimate of drug-likeness (QED) is 0.862. The molecule has 116 valence electrons. The summed E-state index contributed by atoms with van der Waals surface area (Å²) >= 11 is 0. The summed E-state index contributed by atoms with van der Waals surface area (Å²) in [6, 6.07) is 4.01. The number of carbonyl (C=O) groups is 1. The Morgan fingerprint density at radius 3 is 2.52 bits per heavy atom. The van der Waals surface area contributed by atoms with E-state index in [1.807, 2.05) is 0 Å². The fourth-order valence-corrected chi connectivity index (χ4v) is 3.65. The molecule has 2 aliphatic rings. The van der Waals surface area contributed by atoms with Gasteiger partial charge >= 0.3 is 0 Å². The predicted molar refractivity (Wildman–Crippen MR) is 78.5 cm³/mol. The highest BCUT2D eigenvalue weighted by Gasteiger charge is 2.53. The Morgan fingerprint density at radius 1 is 1.24 bits per heavy atom. The van der Waals surface area contributed by atoms with Gasteiger partial charge in [-0.25, -0.2) is 8.78 Å². The van der Waals surface area contributed by atoms with E-state index in [9.17, 15) is 13.6 Å². The zero-order valence-electron chi connectivity index (χ0n) is 11.9. The summed E-state index contributed by atoms with van der Waals surface area (Å²) in [5.74, 6) is -1.61. The normalized spacial score (nSPS) is 24.2. The van der Waals surface area contributed by atoms with Gasteiger partial charge in [0, 0.05) is 19.5 Å². The Labute approximate surface area is 129 Å². The molecule has 1 unspecified atom stereocenters. The highest BCUT2D eigenvalue weighted by molar-refractivity contribution is 5.86. The van der Waals surface area contributed by atoms with E-state index in [1.54, 1.807) is 18.0 Å². The number of nitrogens with one attached hydrogen (secondary N) is 1. The molecule has 0 aliphatic carbocycles. The lowest BCUT2D eigenvalue weighted by molar-refractivity contribution is -0.136. The second kappa shape index (κ2) is 5.89. The van der Waals surface area contributed by atoms with Crippen LogP contribution in [-0.4, -0.2) is 37.5 Å². The molecule has 2 aliphatic heterocycles. The minimum absolute atomic E-state index is 0. The average molecular weight is 317 g/mol. The molecule has 0 saturated carbocycles. The van der Waals surface area contributed by atoms with Crippen molar-refractivity contribution in [2.24, 2.45) is 5.41 Å². The molecule has 21 heavy (non-hydrogen) atoms. The Balaban J connectivity index is 0.00000161. The van der Waals surface area contributed by atoms with Crippen molar-refractivity contribution in [2.75, 3.05) is 26.7 Å². The molecule has 0 radical (unpaired) electrons. The van der Waals surface area contributed by atoms with E-state index in [-0.39, 0.29) is 24.2 Å². The Bertz CT molecular complexity index is 546. The zero-order chi connectivity index (χ0) is 14.3. The van der Waals surface area contributed by atoms with Crippen molar-refractivity contribution in [1.29, 1.82) is 0 Å². The second-order valence-electron chi connectivity index (χ2n) is 5.82. The highest BCUT2D eigenvalue weighted by atomic mass is 35.5. The maximum atomic E-state index is 13.5. The molecular weight excluding hydrogens is 298 g/mol. The lowest BCUT2D eigenvalue weighted by Gasteiger charge is -2.36. The van der Waals surface area contributed by atoms with Crippen LogP contribution in [0.5, 0.6) is 0 Å². The van der Waals surface area contributed by atoms with Crippen molar-refractivity contribution >= 4 is 18.3 Å². The molecule has 2 heterocycles. The molecule has 1 aromatic rings. The molecule has 0 aromatic heterocycles. The first kappa shape index (κ1) is 16.2. The monoisotopic (exact) mass is 316 g/mol. The van der Waals surface area contributed by atoms with Gasteiger partial charge in [-0.15, -0.1) is 12.4 Å². The summed E-state index contributed by atoms with van der Waals surface area (Å²) in [5.41, 5.74) is 0.271. The van der Waals surface area contributed by atoms with Crippen LogP contribution < -0.4 is 5.32 Å². The van der Waals surface area contributed by atoms with Crippen molar-refractivity contribution in [2.45, 2.75) is 18.8 Å². The summed E-state index contributed by atoms with van der Waals surface area (Å²) in [7, 11) is 1.78. The number of amides is 1. The van der Waals surface area contributed by atoms with E-state index < -0.39 is 17.0 Å². The molecule has 6 heteroatoms. The van der Waals surface area contributed by atoms with E-state index in [0.29, 0.717) is 6.54 Å². The summed E-state index contributed by atoms with van der Waals surface area (Å²) in [6.07, 6.45) is 1.50. The number of benzene rings is 1. The molecule has 1 spiro atoms. The minimum atomic E-state index is -0.842. The molecule has 1 N–H and O–H groups in total. The third-order valence-electron chi connectivity index (χ3n) is 4.74. The molecule has 1 aromatic carbocycles. The summed E-state index contributed by atoms with van der Waals surface area (Å²) < 4.78 is 26.6. The average Bonchev–Trinajstić information content (AvgIpc) is 2.68. The van der Waals surface area contributed by atoms with Crippen molar-refractivity contribution in [3.63, 3.8) is 0 Å². The number of nitrogens with zero attached hydrogens (tertiary/aromatic N) is 1. The molecule has 3 nitrogen and oxygen atoms in total. The maximum absolute atomic E-state index is 13.5. The summed E-state index contributed by atoms with van der Waals surface area (Å²) in [6.45, 7) is 2.16.